The molecule has 28 heavy (non-hydrogen) atoms. The SMILES string of the molecule is CC(C)CNC(=O)c1cccc(NCc2ccc(-c3ccc(Cl)cc3Cl)o2)c1. The van der Waals surface area contributed by atoms with Gasteiger partial charge in [0.05, 0.1) is 11.6 Å². The molecule has 0 bridgehead atoms. The van der Waals surface area contributed by atoms with Crippen LogP contribution in [0.15, 0.2) is 59.0 Å². The molecule has 1 amide bonds. The zero-order chi connectivity index (χ0) is 20.1. The van der Waals surface area contributed by atoms with E-state index in [1.807, 2.05) is 36.4 Å². The molecular weight excluding hydrogens is 395 g/mol. The quantitative estimate of drug-likeness (QED) is 0.478. The molecule has 0 saturated heterocycles. The Hall–Kier alpha value is -2.43. The molecule has 0 aliphatic rings. The summed E-state index contributed by atoms with van der Waals surface area (Å²) in [6.07, 6.45) is 0. The third kappa shape index (κ3) is 5.31. The minimum absolute atomic E-state index is 0.0741. The zero-order valence-corrected chi connectivity index (χ0v) is 17.3. The van der Waals surface area contributed by atoms with Crippen LogP contribution in [0.2, 0.25) is 10.0 Å². The molecule has 0 saturated carbocycles. The molecule has 0 aliphatic heterocycles. The van der Waals surface area contributed by atoms with Gasteiger partial charge in [0.15, 0.2) is 0 Å². The summed E-state index contributed by atoms with van der Waals surface area (Å²) in [6, 6.07) is 16.5. The van der Waals surface area contributed by atoms with Gasteiger partial charge < -0.3 is 15.1 Å². The Morgan fingerprint density at radius 2 is 1.89 bits per heavy atom. The number of halogens is 2. The van der Waals surface area contributed by atoms with Gasteiger partial charge in [-0.25, -0.2) is 0 Å². The molecule has 6 heteroatoms. The summed E-state index contributed by atoms with van der Waals surface area (Å²) in [6.45, 7) is 5.27. The minimum Gasteiger partial charge on any atom is -0.459 e. The highest BCUT2D eigenvalue weighted by atomic mass is 35.5. The van der Waals surface area contributed by atoms with Crippen molar-refractivity contribution < 1.29 is 9.21 Å². The first-order valence-electron chi connectivity index (χ1n) is 9.08. The summed E-state index contributed by atoms with van der Waals surface area (Å²) >= 11 is 12.2. The van der Waals surface area contributed by atoms with E-state index in [1.165, 1.54) is 0 Å². The van der Waals surface area contributed by atoms with Crippen molar-refractivity contribution in [1.82, 2.24) is 5.32 Å². The van der Waals surface area contributed by atoms with E-state index in [-0.39, 0.29) is 5.91 Å². The van der Waals surface area contributed by atoms with E-state index in [4.69, 9.17) is 27.6 Å². The van der Waals surface area contributed by atoms with Crippen LogP contribution in [0, 0.1) is 5.92 Å². The highest BCUT2D eigenvalue weighted by Crippen LogP contribution is 2.31. The van der Waals surface area contributed by atoms with Crippen molar-refractivity contribution in [3.63, 3.8) is 0 Å². The van der Waals surface area contributed by atoms with Crippen LogP contribution in [0.25, 0.3) is 11.3 Å². The second kappa shape index (κ2) is 9.18. The normalized spacial score (nSPS) is 10.9. The van der Waals surface area contributed by atoms with Gasteiger partial charge in [0.2, 0.25) is 0 Å². The fourth-order valence-corrected chi connectivity index (χ4v) is 3.17. The zero-order valence-electron chi connectivity index (χ0n) is 15.8. The number of carbonyl (C=O) groups is 1. The molecule has 3 aromatic rings. The van der Waals surface area contributed by atoms with Crippen LogP contribution < -0.4 is 10.6 Å². The van der Waals surface area contributed by atoms with Crippen LogP contribution in [0.3, 0.4) is 0 Å². The van der Waals surface area contributed by atoms with Gasteiger partial charge in [0, 0.05) is 28.4 Å². The lowest BCUT2D eigenvalue weighted by atomic mass is 10.1. The van der Waals surface area contributed by atoms with Crippen LogP contribution in [-0.2, 0) is 6.54 Å². The maximum Gasteiger partial charge on any atom is 0.251 e. The van der Waals surface area contributed by atoms with Crippen LogP contribution in [0.1, 0.15) is 30.0 Å². The van der Waals surface area contributed by atoms with Gasteiger partial charge in [-0.05, 0) is 54.4 Å². The Kier molecular flexibility index (Phi) is 6.65. The van der Waals surface area contributed by atoms with Gasteiger partial charge in [-0.15, -0.1) is 0 Å². The number of furan rings is 1. The molecule has 1 heterocycles. The largest absolute Gasteiger partial charge is 0.459 e. The third-order valence-corrected chi connectivity index (χ3v) is 4.67. The molecule has 0 atom stereocenters. The number of rotatable bonds is 7. The number of benzene rings is 2. The van der Waals surface area contributed by atoms with E-state index >= 15 is 0 Å². The van der Waals surface area contributed by atoms with Gasteiger partial charge in [-0.2, -0.15) is 0 Å². The summed E-state index contributed by atoms with van der Waals surface area (Å²) in [5.41, 5.74) is 2.26. The van der Waals surface area contributed by atoms with Crippen molar-refractivity contribution in [2.45, 2.75) is 20.4 Å². The first-order chi connectivity index (χ1) is 13.4. The first kappa shape index (κ1) is 20.3. The number of amides is 1. The van der Waals surface area contributed by atoms with Gasteiger partial charge >= 0.3 is 0 Å². The Balaban J connectivity index is 1.64. The molecule has 1 aromatic heterocycles. The van der Waals surface area contributed by atoms with Crippen LogP contribution in [-0.4, -0.2) is 12.5 Å². The van der Waals surface area contributed by atoms with E-state index in [9.17, 15) is 4.79 Å². The summed E-state index contributed by atoms with van der Waals surface area (Å²) < 4.78 is 5.89. The molecule has 4 nitrogen and oxygen atoms in total. The van der Waals surface area contributed by atoms with Crippen LogP contribution in [0.4, 0.5) is 5.69 Å². The van der Waals surface area contributed by atoms with Crippen LogP contribution >= 0.6 is 23.2 Å². The van der Waals surface area contributed by atoms with Gasteiger partial charge in [-0.1, -0.05) is 43.1 Å². The summed E-state index contributed by atoms with van der Waals surface area (Å²) in [7, 11) is 0. The van der Waals surface area contributed by atoms with Crippen molar-refractivity contribution >= 4 is 34.8 Å². The Labute approximate surface area is 174 Å². The summed E-state index contributed by atoms with van der Waals surface area (Å²) in [4.78, 5) is 12.2. The van der Waals surface area contributed by atoms with E-state index < -0.39 is 0 Å². The van der Waals surface area contributed by atoms with Crippen molar-refractivity contribution in [2.75, 3.05) is 11.9 Å². The number of nitrogens with one attached hydrogen (secondary N) is 2. The van der Waals surface area contributed by atoms with E-state index in [1.54, 1.807) is 18.2 Å². The van der Waals surface area contributed by atoms with Gasteiger partial charge in [0.25, 0.3) is 5.91 Å². The van der Waals surface area contributed by atoms with E-state index in [0.717, 1.165) is 17.0 Å². The Bertz CT molecular complexity index is 967. The number of hydrogen-bond donors (Lipinski definition) is 2. The fraction of sp³-hybridized carbons (Fsp3) is 0.227. The minimum atomic E-state index is -0.0741. The Morgan fingerprint density at radius 3 is 2.64 bits per heavy atom. The molecule has 0 fully saturated rings. The average molecular weight is 417 g/mol. The molecule has 0 unspecified atom stereocenters. The van der Waals surface area contributed by atoms with Crippen LogP contribution in [0.5, 0.6) is 0 Å². The lowest BCUT2D eigenvalue weighted by molar-refractivity contribution is 0.0949. The average Bonchev–Trinajstić information content (AvgIpc) is 3.13. The van der Waals surface area contributed by atoms with Gasteiger partial charge in [0.1, 0.15) is 11.5 Å². The van der Waals surface area contributed by atoms with Crippen molar-refractivity contribution in [2.24, 2.45) is 5.92 Å². The second-order valence-corrected chi connectivity index (χ2v) is 7.77. The molecular formula is C22H22Cl2N2O2. The molecule has 146 valence electrons. The van der Waals surface area contributed by atoms with Crippen molar-refractivity contribution in [3.8, 4) is 11.3 Å². The maximum atomic E-state index is 12.2. The number of carbonyl (C=O) groups excluding carboxylic acids is 1. The summed E-state index contributed by atoms with van der Waals surface area (Å²) in [5.74, 6) is 1.78. The maximum absolute atomic E-state index is 12.2. The lowest BCUT2D eigenvalue weighted by Gasteiger charge is -2.09. The lowest BCUT2D eigenvalue weighted by Crippen LogP contribution is -2.27. The van der Waals surface area contributed by atoms with Crippen molar-refractivity contribution in [3.05, 3.63) is 76.0 Å². The van der Waals surface area contributed by atoms with Gasteiger partial charge in [-0.3, -0.25) is 4.79 Å². The Morgan fingerprint density at radius 1 is 1.07 bits per heavy atom. The molecule has 2 N–H and O–H groups in total. The first-order valence-corrected chi connectivity index (χ1v) is 9.84. The van der Waals surface area contributed by atoms with E-state index in [2.05, 4.69) is 24.5 Å². The molecule has 0 spiro atoms. The highest BCUT2D eigenvalue weighted by Gasteiger charge is 2.10. The van der Waals surface area contributed by atoms with E-state index in [0.29, 0.717) is 40.4 Å². The highest BCUT2D eigenvalue weighted by molar-refractivity contribution is 6.36. The molecule has 3 rings (SSSR count). The molecule has 0 radical (unpaired) electrons. The monoisotopic (exact) mass is 416 g/mol. The predicted molar refractivity (Wildman–Crippen MR) is 115 cm³/mol. The number of anilines is 1. The fourth-order valence-electron chi connectivity index (χ4n) is 2.67. The standard InChI is InChI=1S/C22H22Cl2N2O2/c1-14(2)12-26-22(27)15-4-3-5-17(10-15)25-13-18-7-9-21(28-18)19-8-6-16(23)11-20(19)24/h3-11,14,25H,12-13H2,1-2H3,(H,26,27). The number of hydrogen-bond acceptors (Lipinski definition) is 3. The molecule has 2 aromatic carbocycles. The predicted octanol–water partition coefficient (Wildman–Crippen LogP) is 6.25. The third-order valence-electron chi connectivity index (χ3n) is 4.12. The molecule has 0 aliphatic carbocycles. The van der Waals surface area contributed by atoms with Crippen molar-refractivity contribution in [1.29, 1.82) is 0 Å². The summed E-state index contributed by atoms with van der Waals surface area (Å²) in [5, 5.41) is 7.33. The second-order valence-electron chi connectivity index (χ2n) is 6.93. The topological polar surface area (TPSA) is 54.3 Å². The smallest absolute Gasteiger partial charge is 0.251 e.